The molecule has 9 heteroatoms. The fraction of sp³-hybridized carbons (Fsp3) is 0.316. The van der Waals surface area contributed by atoms with Crippen molar-refractivity contribution >= 4 is 17.7 Å². The van der Waals surface area contributed by atoms with Crippen LogP contribution in [0.25, 0.3) is 0 Å². The number of carbonyl (C=O) groups is 3. The van der Waals surface area contributed by atoms with Crippen molar-refractivity contribution in [3.8, 4) is 0 Å². The van der Waals surface area contributed by atoms with Gasteiger partial charge in [-0.25, -0.2) is 9.59 Å². The Morgan fingerprint density at radius 2 is 1.64 bits per heavy atom. The quantitative estimate of drug-likeness (QED) is 0.591. The second kappa shape index (κ2) is 8.28. The first-order chi connectivity index (χ1) is 13.1. The Morgan fingerprint density at radius 3 is 2.25 bits per heavy atom. The summed E-state index contributed by atoms with van der Waals surface area (Å²) in [7, 11) is 0. The molecule has 0 aliphatic rings. The predicted octanol–water partition coefficient (Wildman–Crippen LogP) is 3.87. The third-order valence-corrected chi connectivity index (χ3v) is 3.89. The van der Waals surface area contributed by atoms with Crippen LogP contribution in [0.2, 0.25) is 0 Å². The summed E-state index contributed by atoms with van der Waals surface area (Å²) in [6.45, 7) is 4.15. The van der Waals surface area contributed by atoms with Gasteiger partial charge >= 0.3 is 18.1 Å². The summed E-state index contributed by atoms with van der Waals surface area (Å²) in [5.74, 6) is -2.45. The minimum Gasteiger partial charge on any atom is -0.462 e. The van der Waals surface area contributed by atoms with Crippen molar-refractivity contribution in [3.05, 3.63) is 57.9 Å². The average Bonchev–Trinajstić information content (AvgIpc) is 2.93. The molecule has 0 atom stereocenters. The van der Waals surface area contributed by atoms with E-state index in [0.717, 1.165) is 18.2 Å². The van der Waals surface area contributed by atoms with Crippen LogP contribution in [0.5, 0.6) is 0 Å². The topological polar surface area (TPSA) is 85.5 Å². The van der Waals surface area contributed by atoms with Gasteiger partial charge in [0.25, 0.3) is 0 Å². The van der Waals surface area contributed by atoms with E-state index in [1.54, 1.807) is 20.8 Å². The fourth-order valence-corrected chi connectivity index (χ4v) is 2.70. The van der Waals surface area contributed by atoms with Gasteiger partial charge in [0, 0.05) is 11.4 Å². The van der Waals surface area contributed by atoms with E-state index >= 15 is 0 Å². The van der Waals surface area contributed by atoms with Crippen molar-refractivity contribution in [1.82, 2.24) is 4.98 Å². The molecule has 28 heavy (non-hydrogen) atoms. The summed E-state index contributed by atoms with van der Waals surface area (Å²) in [5.41, 5.74) is -0.471. The Kier molecular flexibility index (Phi) is 6.27. The standard InChI is InChI=1S/C19H18F3NO5/c1-4-27-18(26)16-11(3)23-10(2)15(16)14(24)9-28-17(25)12-6-5-7-13(8-12)19(20,21)22/h5-8,23H,4,9H2,1-3H3. The minimum atomic E-state index is -4.61. The Bertz CT molecular complexity index is 915. The van der Waals surface area contributed by atoms with Crippen LogP contribution in [-0.2, 0) is 15.7 Å². The number of hydrogen-bond acceptors (Lipinski definition) is 5. The zero-order chi connectivity index (χ0) is 21.1. The lowest BCUT2D eigenvalue weighted by molar-refractivity contribution is -0.137. The monoisotopic (exact) mass is 397 g/mol. The number of aromatic nitrogens is 1. The molecule has 1 N–H and O–H groups in total. The molecule has 2 aromatic rings. The van der Waals surface area contributed by atoms with E-state index in [1.165, 1.54) is 0 Å². The molecule has 0 aliphatic heterocycles. The average molecular weight is 397 g/mol. The highest BCUT2D eigenvalue weighted by Gasteiger charge is 2.31. The van der Waals surface area contributed by atoms with Gasteiger partial charge in [-0.1, -0.05) is 6.07 Å². The number of halogens is 3. The number of aromatic amines is 1. The summed E-state index contributed by atoms with van der Waals surface area (Å²) in [5, 5.41) is 0. The van der Waals surface area contributed by atoms with Crippen LogP contribution >= 0.6 is 0 Å². The lowest BCUT2D eigenvalue weighted by Crippen LogP contribution is -2.18. The lowest BCUT2D eigenvalue weighted by Gasteiger charge is -2.09. The van der Waals surface area contributed by atoms with Crippen LogP contribution in [0.15, 0.2) is 24.3 Å². The maximum absolute atomic E-state index is 12.7. The van der Waals surface area contributed by atoms with Crippen molar-refractivity contribution in [2.24, 2.45) is 0 Å². The van der Waals surface area contributed by atoms with Gasteiger partial charge in [0.05, 0.1) is 28.9 Å². The highest BCUT2D eigenvalue weighted by molar-refractivity contribution is 6.09. The number of nitrogens with one attached hydrogen (secondary N) is 1. The van der Waals surface area contributed by atoms with E-state index < -0.39 is 36.1 Å². The van der Waals surface area contributed by atoms with Crippen molar-refractivity contribution < 1.29 is 37.0 Å². The molecule has 0 unspecified atom stereocenters. The van der Waals surface area contributed by atoms with Crippen molar-refractivity contribution in [1.29, 1.82) is 0 Å². The third kappa shape index (κ3) is 4.59. The molecular weight excluding hydrogens is 379 g/mol. The van der Waals surface area contributed by atoms with E-state index in [9.17, 15) is 27.6 Å². The van der Waals surface area contributed by atoms with Crippen LogP contribution in [-0.4, -0.2) is 35.9 Å². The number of rotatable bonds is 6. The number of ether oxygens (including phenoxy) is 2. The van der Waals surface area contributed by atoms with Gasteiger partial charge in [-0.2, -0.15) is 13.2 Å². The third-order valence-electron chi connectivity index (χ3n) is 3.89. The first-order valence-electron chi connectivity index (χ1n) is 8.30. The summed E-state index contributed by atoms with van der Waals surface area (Å²) >= 11 is 0. The maximum atomic E-state index is 12.7. The number of aryl methyl sites for hydroxylation is 2. The van der Waals surface area contributed by atoms with Gasteiger partial charge in [0.2, 0.25) is 5.78 Å². The van der Waals surface area contributed by atoms with Crippen LogP contribution in [0.1, 0.15) is 54.9 Å². The van der Waals surface area contributed by atoms with Crippen molar-refractivity contribution in [3.63, 3.8) is 0 Å². The van der Waals surface area contributed by atoms with Gasteiger partial charge in [-0.15, -0.1) is 0 Å². The first-order valence-corrected chi connectivity index (χ1v) is 8.30. The number of benzene rings is 1. The number of H-pyrrole nitrogens is 1. The Morgan fingerprint density at radius 1 is 1.00 bits per heavy atom. The molecule has 1 aromatic heterocycles. The smallest absolute Gasteiger partial charge is 0.416 e. The second-order valence-corrected chi connectivity index (χ2v) is 5.92. The Labute approximate surface area is 158 Å². The molecule has 0 bridgehead atoms. The number of ketones is 1. The van der Waals surface area contributed by atoms with Gasteiger partial charge in [-0.3, -0.25) is 4.79 Å². The van der Waals surface area contributed by atoms with Crippen molar-refractivity contribution in [2.75, 3.05) is 13.2 Å². The Balaban J connectivity index is 2.17. The molecule has 0 saturated carbocycles. The van der Waals surface area contributed by atoms with Gasteiger partial charge < -0.3 is 14.5 Å². The van der Waals surface area contributed by atoms with Crippen LogP contribution in [0.3, 0.4) is 0 Å². The molecule has 1 heterocycles. The maximum Gasteiger partial charge on any atom is 0.416 e. The van der Waals surface area contributed by atoms with E-state index in [0.29, 0.717) is 17.5 Å². The van der Waals surface area contributed by atoms with E-state index in [2.05, 4.69) is 4.98 Å². The van der Waals surface area contributed by atoms with Crippen LogP contribution in [0, 0.1) is 13.8 Å². The molecular formula is C19H18F3NO5. The fourth-order valence-electron chi connectivity index (χ4n) is 2.70. The largest absolute Gasteiger partial charge is 0.462 e. The predicted molar refractivity (Wildman–Crippen MR) is 92.3 cm³/mol. The van der Waals surface area contributed by atoms with Gasteiger partial charge in [-0.05, 0) is 39.0 Å². The molecule has 1 aromatic carbocycles. The number of esters is 2. The lowest BCUT2D eigenvalue weighted by atomic mass is 10.1. The summed E-state index contributed by atoms with van der Waals surface area (Å²) < 4.78 is 48.0. The first kappa shape index (κ1) is 21.2. The van der Waals surface area contributed by atoms with E-state index in [1.807, 2.05) is 0 Å². The zero-order valence-corrected chi connectivity index (χ0v) is 15.4. The molecule has 0 fully saturated rings. The molecule has 0 amide bonds. The molecule has 0 radical (unpaired) electrons. The number of alkyl halides is 3. The summed E-state index contributed by atoms with van der Waals surface area (Å²) in [6, 6.07) is 3.68. The number of hydrogen-bond donors (Lipinski definition) is 1. The molecule has 2 rings (SSSR count). The minimum absolute atomic E-state index is 0.0211. The van der Waals surface area contributed by atoms with Crippen LogP contribution in [0.4, 0.5) is 13.2 Å². The molecule has 0 aliphatic carbocycles. The SMILES string of the molecule is CCOC(=O)c1c(C)[nH]c(C)c1C(=O)COC(=O)c1cccc(C(F)(F)F)c1. The highest BCUT2D eigenvalue weighted by atomic mass is 19.4. The molecule has 150 valence electrons. The van der Waals surface area contributed by atoms with Crippen LogP contribution < -0.4 is 0 Å². The zero-order valence-electron chi connectivity index (χ0n) is 15.4. The normalized spacial score (nSPS) is 11.2. The van der Waals surface area contributed by atoms with Crippen molar-refractivity contribution in [2.45, 2.75) is 26.9 Å². The Hall–Kier alpha value is -3.10. The summed E-state index contributed by atoms with van der Waals surface area (Å²) in [4.78, 5) is 39.5. The second-order valence-electron chi connectivity index (χ2n) is 5.92. The molecule has 0 saturated heterocycles. The molecule has 6 nitrogen and oxygen atoms in total. The van der Waals surface area contributed by atoms with Gasteiger partial charge in [0.1, 0.15) is 0 Å². The van der Waals surface area contributed by atoms with E-state index in [4.69, 9.17) is 9.47 Å². The highest BCUT2D eigenvalue weighted by Crippen LogP contribution is 2.29. The van der Waals surface area contributed by atoms with E-state index in [-0.39, 0.29) is 23.3 Å². The summed E-state index contributed by atoms with van der Waals surface area (Å²) in [6.07, 6.45) is -4.61. The molecule has 0 spiro atoms. The van der Waals surface area contributed by atoms with Gasteiger partial charge in [0.15, 0.2) is 6.61 Å². The number of carbonyl (C=O) groups excluding carboxylic acids is 3. The number of Topliss-reactive ketones (excluding diaryl/α,β-unsaturated/α-hetero) is 1.